The standard InChI is InChI=1S/C14H10F6N2S/c1-2-8-3-4-9(7-10(8)11(23)13(15,16)17)12(14(18,19)20)5-6-21-22-12/h2-7,11,23H,1H2. The highest BCUT2D eigenvalue weighted by Gasteiger charge is 2.57. The van der Waals surface area contributed by atoms with Crippen molar-refractivity contribution in [2.45, 2.75) is 23.1 Å². The van der Waals surface area contributed by atoms with E-state index in [2.05, 4.69) is 29.4 Å². The summed E-state index contributed by atoms with van der Waals surface area (Å²) in [6.07, 6.45) is -6.89. The largest absolute Gasteiger partial charge is 0.423 e. The van der Waals surface area contributed by atoms with Gasteiger partial charge in [-0.05, 0) is 22.8 Å². The maximum atomic E-state index is 13.4. The van der Waals surface area contributed by atoms with Crippen LogP contribution in [-0.2, 0) is 5.54 Å². The van der Waals surface area contributed by atoms with Gasteiger partial charge in [-0.25, -0.2) is 0 Å². The summed E-state index contributed by atoms with van der Waals surface area (Å²) in [7, 11) is 0. The van der Waals surface area contributed by atoms with E-state index >= 15 is 0 Å². The highest BCUT2D eigenvalue weighted by Crippen LogP contribution is 2.48. The van der Waals surface area contributed by atoms with Gasteiger partial charge in [0.05, 0.1) is 0 Å². The van der Waals surface area contributed by atoms with Crippen LogP contribution in [0.4, 0.5) is 26.3 Å². The van der Waals surface area contributed by atoms with Crippen LogP contribution < -0.4 is 0 Å². The molecule has 1 heterocycles. The average molecular weight is 352 g/mol. The molecule has 2 atom stereocenters. The molecule has 1 aliphatic rings. The fraction of sp³-hybridized carbons (Fsp3) is 0.286. The van der Waals surface area contributed by atoms with Crippen LogP contribution in [0, 0.1) is 0 Å². The Morgan fingerprint density at radius 2 is 1.83 bits per heavy atom. The fourth-order valence-electron chi connectivity index (χ4n) is 2.18. The first-order valence-electron chi connectivity index (χ1n) is 6.21. The molecule has 2 unspecified atom stereocenters. The summed E-state index contributed by atoms with van der Waals surface area (Å²) in [6, 6.07) is 2.98. The molecule has 0 radical (unpaired) electrons. The van der Waals surface area contributed by atoms with E-state index in [0.29, 0.717) is 6.08 Å². The summed E-state index contributed by atoms with van der Waals surface area (Å²) in [6.45, 7) is 3.37. The van der Waals surface area contributed by atoms with Crippen LogP contribution in [-0.4, -0.2) is 12.4 Å². The number of halogens is 6. The summed E-state index contributed by atoms with van der Waals surface area (Å²) in [5.74, 6) is 0. The second kappa shape index (κ2) is 5.70. The third-order valence-corrected chi connectivity index (χ3v) is 3.95. The van der Waals surface area contributed by atoms with E-state index in [0.717, 1.165) is 30.5 Å². The van der Waals surface area contributed by atoms with E-state index in [1.807, 2.05) is 0 Å². The van der Waals surface area contributed by atoms with Gasteiger partial charge < -0.3 is 0 Å². The molecule has 1 aromatic rings. The van der Waals surface area contributed by atoms with Crippen molar-refractivity contribution in [3.05, 3.63) is 53.7 Å². The van der Waals surface area contributed by atoms with Crippen molar-refractivity contribution in [2.24, 2.45) is 10.2 Å². The van der Waals surface area contributed by atoms with Crippen molar-refractivity contribution in [1.82, 2.24) is 0 Å². The molecule has 0 fully saturated rings. The van der Waals surface area contributed by atoms with Gasteiger partial charge in [-0.1, -0.05) is 30.9 Å². The van der Waals surface area contributed by atoms with Gasteiger partial charge in [0, 0.05) is 6.20 Å². The molecular weight excluding hydrogens is 342 g/mol. The topological polar surface area (TPSA) is 24.7 Å². The summed E-state index contributed by atoms with van der Waals surface area (Å²) in [5, 5.41) is 4.15. The van der Waals surface area contributed by atoms with Crippen LogP contribution >= 0.6 is 12.6 Å². The Labute approximate surface area is 133 Å². The van der Waals surface area contributed by atoms with Gasteiger partial charge in [0.25, 0.3) is 0 Å². The van der Waals surface area contributed by atoms with Gasteiger partial charge in [-0.2, -0.15) is 49.2 Å². The highest BCUT2D eigenvalue weighted by molar-refractivity contribution is 7.80. The fourth-order valence-corrected chi connectivity index (χ4v) is 2.40. The van der Waals surface area contributed by atoms with E-state index in [-0.39, 0.29) is 5.56 Å². The van der Waals surface area contributed by atoms with Crippen molar-refractivity contribution in [1.29, 1.82) is 0 Å². The maximum absolute atomic E-state index is 13.4. The van der Waals surface area contributed by atoms with Gasteiger partial charge in [-0.3, -0.25) is 0 Å². The molecular formula is C14H10F6N2S. The highest BCUT2D eigenvalue weighted by atomic mass is 32.1. The first kappa shape index (κ1) is 17.6. The van der Waals surface area contributed by atoms with E-state index in [9.17, 15) is 26.3 Å². The lowest BCUT2D eigenvalue weighted by Gasteiger charge is -2.27. The molecule has 1 aromatic carbocycles. The van der Waals surface area contributed by atoms with Crippen molar-refractivity contribution in [2.75, 3.05) is 0 Å². The van der Waals surface area contributed by atoms with Crippen molar-refractivity contribution in [3.8, 4) is 0 Å². The Balaban J connectivity index is 2.65. The molecule has 2 rings (SSSR count). The van der Waals surface area contributed by atoms with E-state index in [4.69, 9.17) is 0 Å². The number of benzene rings is 1. The second-order valence-corrected chi connectivity index (χ2v) is 5.30. The zero-order valence-electron chi connectivity index (χ0n) is 11.4. The summed E-state index contributed by atoms with van der Waals surface area (Å²) in [5.41, 5.74) is -3.64. The SMILES string of the molecule is C=Cc1ccc(C2(C(F)(F)F)C=CN=N2)cc1C(S)C(F)(F)F. The normalized spacial score (nSPS) is 22.4. The Morgan fingerprint density at radius 3 is 2.26 bits per heavy atom. The molecule has 0 aromatic heterocycles. The van der Waals surface area contributed by atoms with Crippen LogP contribution in [0.1, 0.15) is 21.9 Å². The lowest BCUT2D eigenvalue weighted by Crippen LogP contribution is -2.37. The quantitative estimate of drug-likeness (QED) is 0.541. The van der Waals surface area contributed by atoms with Gasteiger partial charge >= 0.3 is 12.4 Å². The van der Waals surface area contributed by atoms with Gasteiger partial charge in [-0.15, -0.1) is 0 Å². The molecule has 0 spiro atoms. The van der Waals surface area contributed by atoms with Crippen LogP contribution in [0.2, 0.25) is 0 Å². The number of rotatable bonds is 3. The number of alkyl halides is 6. The predicted octanol–water partition coefficient (Wildman–Crippen LogP) is 5.60. The molecule has 124 valence electrons. The molecule has 0 saturated heterocycles. The molecule has 9 heteroatoms. The number of azo groups is 1. The lowest BCUT2D eigenvalue weighted by atomic mass is 9.87. The molecule has 23 heavy (non-hydrogen) atoms. The maximum Gasteiger partial charge on any atom is 0.423 e. The Morgan fingerprint density at radius 1 is 1.17 bits per heavy atom. The minimum atomic E-state index is -4.85. The molecule has 0 bridgehead atoms. The molecule has 2 nitrogen and oxygen atoms in total. The van der Waals surface area contributed by atoms with Crippen LogP contribution in [0.3, 0.4) is 0 Å². The van der Waals surface area contributed by atoms with Crippen LogP contribution in [0.5, 0.6) is 0 Å². The van der Waals surface area contributed by atoms with Crippen molar-refractivity contribution >= 4 is 18.7 Å². The summed E-state index contributed by atoms with van der Waals surface area (Å²) < 4.78 is 78.9. The Hall–Kier alpha value is -1.77. The number of hydrogen-bond acceptors (Lipinski definition) is 3. The number of thiol groups is 1. The zero-order chi connectivity index (χ0) is 17.5. The third-order valence-electron chi connectivity index (χ3n) is 3.38. The third kappa shape index (κ3) is 3.01. The minimum absolute atomic E-state index is 0.0438. The van der Waals surface area contributed by atoms with E-state index in [1.54, 1.807) is 0 Å². The molecule has 0 aliphatic carbocycles. The van der Waals surface area contributed by atoms with E-state index in [1.165, 1.54) is 0 Å². The Bertz CT molecular complexity index is 663. The molecule has 0 saturated carbocycles. The van der Waals surface area contributed by atoms with Crippen LogP contribution in [0.15, 0.2) is 47.3 Å². The second-order valence-electron chi connectivity index (χ2n) is 4.79. The lowest BCUT2D eigenvalue weighted by molar-refractivity contribution is -0.174. The first-order chi connectivity index (χ1) is 10.5. The Kier molecular flexibility index (Phi) is 4.36. The molecule has 1 aliphatic heterocycles. The van der Waals surface area contributed by atoms with E-state index < -0.39 is 34.3 Å². The van der Waals surface area contributed by atoms with Crippen LogP contribution in [0.25, 0.3) is 6.08 Å². The van der Waals surface area contributed by atoms with Gasteiger partial charge in [0.15, 0.2) is 0 Å². The van der Waals surface area contributed by atoms with Gasteiger partial charge in [0.1, 0.15) is 5.25 Å². The number of hydrogen-bond donors (Lipinski definition) is 1. The number of nitrogens with zero attached hydrogens (tertiary/aromatic N) is 2. The summed E-state index contributed by atoms with van der Waals surface area (Å²) >= 11 is 3.49. The smallest absolute Gasteiger partial charge is 0.169 e. The summed E-state index contributed by atoms with van der Waals surface area (Å²) in [4.78, 5) is 0. The molecule has 0 N–H and O–H groups in total. The molecule has 0 amide bonds. The first-order valence-corrected chi connectivity index (χ1v) is 6.72. The monoisotopic (exact) mass is 352 g/mol. The van der Waals surface area contributed by atoms with Crippen molar-refractivity contribution in [3.63, 3.8) is 0 Å². The predicted molar refractivity (Wildman–Crippen MR) is 76.0 cm³/mol. The zero-order valence-corrected chi connectivity index (χ0v) is 12.3. The average Bonchev–Trinajstić information content (AvgIpc) is 2.95. The van der Waals surface area contributed by atoms with Crippen molar-refractivity contribution < 1.29 is 26.3 Å². The minimum Gasteiger partial charge on any atom is -0.169 e. The van der Waals surface area contributed by atoms with Gasteiger partial charge in [0.2, 0.25) is 5.54 Å².